The number of rotatable bonds is 3. The highest BCUT2D eigenvalue weighted by molar-refractivity contribution is 5.81. The lowest BCUT2D eigenvalue weighted by atomic mass is 10.0. The number of benzene rings is 2. The molecule has 3 aromatic rings. The number of hydrogen-bond acceptors (Lipinski definition) is 2. The number of fused-ring (bicyclic) bond motifs is 1. The van der Waals surface area contributed by atoms with Crippen molar-refractivity contribution in [3.8, 4) is 0 Å². The maximum absolute atomic E-state index is 4.03. The molecule has 0 saturated carbocycles. The summed E-state index contributed by atoms with van der Waals surface area (Å²) >= 11 is 0. The Balaban J connectivity index is 1.80. The molecule has 0 unspecified atom stereocenters. The Morgan fingerprint density at radius 3 is 2.95 bits per heavy atom. The van der Waals surface area contributed by atoms with Crippen LogP contribution in [0.25, 0.3) is 10.9 Å². The van der Waals surface area contributed by atoms with E-state index in [4.69, 9.17) is 0 Å². The van der Waals surface area contributed by atoms with Gasteiger partial charge in [-0.3, -0.25) is 5.10 Å². The second-order valence-corrected chi connectivity index (χ2v) is 4.88. The lowest BCUT2D eigenvalue weighted by Gasteiger charge is -2.11. The van der Waals surface area contributed by atoms with Crippen molar-refractivity contribution in [2.24, 2.45) is 0 Å². The van der Waals surface area contributed by atoms with E-state index in [1.165, 1.54) is 16.7 Å². The van der Waals surface area contributed by atoms with Crippen molar-refractivity contribution in [3.63, 3.8) is 0 Å². The van der Waals surface area contributed by atoms with Crippen LogP contribution in [0.15, 0.2) is 42.6 Å². The number of nitrogens with zero attached hydrogens (tertiary/aromatic N) is 1. The van der Waals surface area contributed by atoms with Gasteiger partial charge < -0.3 is 5.32 Å². The summed E-state index contributed by atoms with van der Waals surface area (Å²) in [6.45, 7) is 5.16. The topological polar surface area (TPSA) is 40.7 Å². The predicted octanol–water partition coefficient (Wildman–Crippen LogP) is 3.79. The zero-order valence-electron chi connectivity index (χ0n) is 11.2. The van der Waals surface area contributed by atoms with Gasteiger partial charge in [0.2, 0.25) is 0 Å². The van der Waals surface area contributed by atoms with E-state index >= 15 is 0 Å². The molecule has 3 heteroatoms. The Bertz CT molecular complexity index is 713. The van der Waals surface area contributed by atoms with E-state index in [-0.39, 0.29) is 0 Å². The molecule has 0 aliphatic heterocycles. The average Bonchev–Trinajstić information content (AvgIpc) is 2.88. The van der Waals surface area contributed by atoms with E-state index in [1.54, 1.807) is 0 Å². The Hall–Kier alpha value is -2.29. The van der Waals surface area contributed by atoms with Crippen molar-refractivity contribution in [3.05, 3.63) is 59.3 Å². The number of H-pyrrole nitrogens is 1. The third-order valence-electron chi connectivity index (χ3n) is 3.64. The fourth-order valence-corrected chi connectivity index (χ4v) is 2.25. The van der Waals surface area contributed by atoms with Crippen molar-refractivity contribution in [2.45, 2.75) is 20.4 Å². The monoisotopic (exact) mass is 251 g/mol. The molecule has 0 aliphatic carbocycles. The Labute approximate surface area is 112 Å². The molecule has 0 fully saturated rings. The number of aromatic amines is 1. The zero-order chi connectivity index (χ0) is 13.2. The molecule has 19 heavy (non-hydrogen) atoms. The van der Waals surface area contributed by atoms with Crippen molar-refractivity contribution in [1.82, 2.24) is 10.2 Å². The predicted molar refractivity (Wildman–Crippen MR) is 79.3 cm³/mol. The molecule has 3 rings (SSSR count). The molecule has 96 valence electrons. The van der Waals surface area contributed by atoms with Crippen LogP contribution in [-0.2, 0) is 6.54 Å². The van der Waals surface area contributed by atoms with Gasteiger partial charge >= 0.3 is 0 Å². The van der Waals surface area contributed by atoms with Gasteiger partial charge in [-0.05, 0) is 48.7 Å². The van der Waals surface area contributed by atoms with Crippen molar-refractivity contribution in [2.75, 3.05) is 5.32 Å². The van der Waals surface area contributed by atoms with Crippen LogP contribution >= 0.6 is 0 Å². The molecule has 0 spiro atoms. The molecule has 0 atom stereocenters. The molecule has 0 bridgehead atoms. The minimum absolute atomic E-state index is 0.840. The second-order valence-electron chi connectivity index (χ2n) is 4.88. The van der Waals surface area contributed by atoms with E-state index in [0.29, 0.717) is 0 Å². The summed E-state index contributed by atoms with van der Waals surface area (Å²) in [5, 5.41) is 11.6. The number of aryl methyl sites for hydroxylation is 1. The zero-order valence-corrected chi connectivity index (χ0v) is 11.2. The first-order valence-electron chi connectivity index (χ1n) is 6.46. The smallest absolute Gasteiger partial charge is 0.0670 e. The van der Waals surface area contributed by atoms with Crippen LogP contribution in [0.2, 0.25) is 0 Å². The lowest BCUT2D eigenvalue weighted by Crippen LogP contribution is -2.02. The Kier molecular flexibility index (Phi) is 2.95. The Morgan fingerprint density at radius 2 is 2.05 bits per heavy atom. The molecular formula is C16H17N3. The van der Waals surface area contributed by atoms with Crippen molar-refractivity contribution < 1.29 is 0 Å². The van der Waals surface area contributed by atoms with Gasteiger partial charge in [-0.25, -0.2) is 0 Å². The lowest BCUT2D eigenvalue weighted by molar-refractivity contribution is 1.10. The van der Waals surface area contributed by atoms with Gasteiger partial charge in [0.05, 0.1) is 11.7 Å². The average molecular weight is 251 g/mol. The van der Waals surface area contributed by atoms with Gasteiger partial charge in [0.25, 0.3) is 0 Å². The summed E-state index contributed by atoms with van der Waals surface area (Å²) < 4.78 is 0. The summed E-state index contributed by atoms with van der Waals surface area (Å²) in [5.41, 5.74) is 6.20. The molecule has 0 aliphatic rings. The summed E-state index contributed by atoms with van der Waals surface area (Å²) in [4.78, 5) is 0. The van der Waals surface area contributed by atoms with Crippen molar-refractivity contribution in [1.29, 1.82) is 0 Å². The molecule has 2 N–H and O–H groups in total. The van der Waals surface area contributed by atoms with Gasteiger partial charge in [0, 0.05) is 17.6 Å². The largest absolute Gasteiger partial charge is 0.381 e. The van der Waals surface area contributed by atoms with E-state index in [2.05, 4.69) is 65.8 Å². The van der Waals surface area contributed by atoms with E-state index in [0.717, 1.165) is 23.1 Å². The van der Waals surface area contributed by atoms with Gasteiger partial charge in [0.15, 0.2) is 0 Å². The quantitative estimate of drug-likeness (QED) is 0.743. The summed E-state index contributed by atoms with van der Waals surface area (Å²) in [5.74, 6) is 0. The van der Waals surface area contributed by atoms with E-state index in [1.807, 2.05) is 6.20 Å². The fourth-order valence-electron chi connectivity index (χ4n) is 2.25. The first kappa shape index (κ1) is 11.8. The third kappa shape index (κ3) is 2.32. The molecule has 3 nitrogen and oxygen atoms in total. The highest BCUT2D eigenvalue weighted by atomic mass is 15.1. The number of anilines is 1. The van der Waals surface area contributed by atoms with Gasteiger partial charge in [-0.2, -0.15) is 5.10 Å². The minimum Gasteiger partial charge on any atom is -0.381 e. The van der Waals surface area contributed by atoms with Gasteiger partial charge in [0.1, 0.15) is 0 Å². The maximum atomic E-state index is 4.03. The Morgan fingerprint density at radius 1 is 1.16 bits per heavy atom. The van der Waals surface area contributed by atoms with Crippen LogP contribution in [-0.4, -0.2) is 10.2 Å². The van der Waals surface area contributed by atoms with Crippen molar-refractivity contribution >= 4 is 16.6 Å². The first-order valence-corrected chi connectivity index (χ1v) is 6.46. The number of aromatic nitrogens is 2. The SMILES string of the molecule is Cc1cccc(CNc2ccc3cn[nH]c3c2)c1C. The third-order valence-corrected chi connectivity index (χ3v) is 3.64. The standard InChI is InChI=1S/C16H17N3/c1-11-4-3-5-13(12(11)2)9-17-15-7-6-14-10-18-19-16(14)8-15/h3-8,10,17H,9H2,1-2H3,(H,18,19). The molecule has 0 amide bonds. The molecule has 1 aromatic heterocycles. The summed E-state index contributed by atoms with van der Waals surface area (Å²) in [6.07, 6.45) is 1.84. The summed E-state index contributed by atoms with van der Waals surface area (Å²) in [7, 11) is 0. The highest BCUT2D eigenvalue weighted by Crippen LogP contribution is 2.19. The number of hydrogen-bond donors (Lipinski definition) is 2. The molecule has 1 heterocycles. The molecule has 0 radical (unpaired) electrons. The van der Waals surface area contributed by atoms with Crippen LogP contribution < -0.4 is 5.32 Å². The highest BCUT2D eigenvalue weighted by Gasteiger charge is 2.02. The van der Waals surface area contributed by atoms with Crippen LogP contribution in [0.1, 0.15) is 16.7 Å². The second kappa shape index (κ2) is 4.76. The normalized spacial score (nSPS) is 10.8. The molecule has 0 saturated heterocycles. The molecule has 2 aromatic carbocycles. The van der Waals surface area contributed by atoms with Crippen LogP contribution in [0.4, 0.5) is 5.69 Å². The van der Waals surface area contributed by atoms with Gasteiger partial charge in [-0.1, -0.05) is 18.2 Å². The van der Waals surface area contributed by atoms with Gasteiger partial charge in [-0.15, -0.1) is 0 Å². The van der Waals surface area contributed by atoms with E-state index in [9.17, 15) is 0 Å². The fraction of sp³-hybridized carbons (Fsp3) is 0.188. The maximum Gasteiger partial charge on any atom is 0.0670 e. The summed E-state index contributed by atoms with van der Waals surface area (Å²) in [6, 6.07) is 12.7. The minimum atomic E-state index is 0.840. The van der Waals surface area contributed by atoms with Crippen LogP contribution in [0.5, 0.6) is 0 Å². The van der Waals surface area contributed by atoms with E-state index < -0.39 is 0 Å². The van der Waals surface area contributed by atoms with Crippen LogP contribution in [0, 0.1) is 13.8 Å². The molecular weight excluding hydrogens is 234 g/mol. The van der Waals surface area contributed by atoms with Crippen LogP contribution in [0.3, 0.4) is 0 Å². The first-order chi connectivity index (χ1) is 9.24. The number of nitrogens with one attached hydrogen (secondary N) is 2.